The standard InChI is InChI=1S/C21H26N2O3/c1-4-5-6-18-21(25)22(3)13-14-23(18)20(24)17-10-8-16(9-11-17)19-12-7-15(2)26-19/h7-12,18H,4-6,13-14H2,1-3H3/t18-/m1/s1. The van der Waals surface area contributed by atoms with E-state index in [9.17, 15) is 9.59 Å². The minimum absolute atomic E-state index is 0.0423. The van der Waals surface area contributed by atoms with Crippen molar-refractivity contribution in [2.24, 2.45) is 0 Å². The molecule has 3 rings (SSSR count). The molecular formula is C21H26N2O3. The minimum atomic E-state index is -0.353. The summed E-state index contributed by atoms with van der Waals surface area (Å²) in [7, 11) is 1.81. The smallest absolute Gasteiger partial charge is 0.254 e. The van der Waals surface area contributed by atoms with Crippen LogP contribution >= 0.6 is 0 Å². The van der Waals surface area contributed by atoms with Gasteiger partial charge in [-0.15, -0.1) is 0 Å². The van der Waals surface area contributed by atoms with E-state index in [4.69, 9.17) is 4.42 Å². The Bertz CT molecular complexity index is 779. The molecule has 1 atom stereocenters. The van der Waals surface area contributed by atoms with Gasteiger partial charge in [0.1, 0.15) is 17.6 Å². The number of likely N-dealkylation sites (N-methyl/N-ethyl adjacent to an activating group) is 1. The fourth-order valence-electron chi connectivity index (χ4n) is 3.36. The van der Waals surface area contributed by atoms with Crippen molar-refractivity contribution in [2.75, 3.05) is 20.1 Å². The highest BCUT2D eigenvalue weighted by Crippen LogP contribution is 2.24. The molecule has 138 valence electrons. The maximum absolute atomic E-state index is 13.0. The molecule has 0 saturated carbocycles. The molecule has 0 spiro atoms. The third kappa shape index (κ3) is 3.66. The Morgan fingerprint density at radius 3 is 2.50 bits per heavy atom. The van der Waals surface area contributed by atoms with E-state index < -0.39 is 0 Å². The van der Waals surface area contributed by atoms with Gasteiger partial charge in [0.05, 0.1) is 0 Å². The van der Waals surface area contributed by atoms with Crippen LogP contribution in [-0.2, 0) is 4.79 Å². The number of benzene rings is 1. The largest absolute Gasteiger partial charge is 0.461 e. The van der Waals surface area contributed by atoms with Gasteiger partial charge >= 0.3 is 0 Å². The maximum atomic E-state index is 13.0. The van der Waals surface area contributed by atoms with Crippen LogP contribution in [0.25, 0.3) is 11.3 Å². The van der Waals surface area contributed by atoms with Crippen LogP contribution in [0.4, 0.5) is 0 Å². The minimum Gasteiger partial charge on any atom is -0.461 e. The summed E-state index contributed by atoms with van der Waals surface area (Å²) in [4.78, 5) is 29.0. The van der Waals surface area contributed by atoms with Crippen molar-refractivity contribution in [1.29, 1.82) is 0 Å². The summed E-state index contributed by atoms with van der Waals surface area (Å²) in [5, 5.41) is 0. The van der Waals surface area contributed by atoms with Crippen molar-refractivity contribution >= 4 is 11.8 Å². The molecule has 5 heteroatoms. The zero-order chi connectivity index (χ0) is 18.7. The molecule has 1 aliphatic rings. The van der Waals surface area contributed by atoms with Crippen molar-refractivity contribution in [3.8, 4) is 11.3 Å². The van der Waals surface area contributed by atoms with E-state index in [0.29, 0.717) is 18.7 Å². The molecule has 0 unspecified atom stereocenters. The first-order chi connectivity index (χ1) is 12.5. The molecule has 5 nitrogen and oxygen atoms in total. The molecule has 2 heterocycles. The number of hydrogen-bond donors (Lipinski definition) is 0. The van der Waals surface area contributed by atoms with E-state index in [1.54, 1.807) is 9.80 Å². The highest BCUT2D eigenvalue weighted by atomic mass is 16.3. The van der Waals surface area contributed by atoms with Gasteiger partial charge in [-0.3, -0.25) is 9.59 Å². The van der Waals surface area contributed by atoms with Gasteiger partial charge in [-0.05, 0) is 37.6 Å². The number of aryl methyl sites for hydroxylation is 1. The molecule has 1 saturated heterocycles. The maximum Gasteiger partial charge on any atom is 0.254 e. The fourth-order valence-corrected chi connectivity index (χ4v) is 3.36. The highest BCUT2D eigenvalue weighted by Gasteiger charge is 2.35. The van der Waals surface area contributed by atoms with E-state index in [2.05, 4.69) is 6.92 Å². The second-order valence-corrected chi connectivity index (χ2v) is 6.90. The molecule has 2 amide bonds. The number of furan rings is 1. The van der Waals surface area contributed by atoms with Crippen LogP contribution in [0.15, 0.2) is 40.8 Å². The van der Waals surface area contributed by atoms with Crippen molar-refractivity contribution < 1.29 is 14.0 Å². The summed E-state index contributed by atoms with van der Waals surface area (Å²) in [6.45, 7) is 5.16. The summed E-state index contributed by atoms with van der Waals surface area (Å²) in [6, 6.07) is 10.9. The predicted molar refractivity (Wildman–Crippen MR) is 101 cm³/mol. The first kappa shape index (κ1) is 18.2. The summed E-state index contributed by atoms with van der Waals surface area (Å²) in [6.07, 6.45) is 2.66. The van der Waals surface area contributed by atoms with Gasteiger partial charge in [0.2, 0.25) is 5.91 Å². The van der Waals surface area contributed by atoms with Crippen LogP contribution in [0.1, 0.15) is 42.3 Å². The SMILES string of the molecule is CCCC[C@@H]1C(=O)N(C)CCN1C(=O)c1ccc(-c2ccc(C)o2)cc1. The Morgan fingerprint density at radius 2 is 1.88 bits per heavy atom. The normalized spacial score (nSPS) is 17.7. The molecule has 1 aromatic carbocycles. The third-order valence-electron chi connectivity index (χ3n) is 4.96. The quantitative estimate of drug-likeness (QED) is 0.822. The van der Waals surface area contributed by atoms with E-state index in [-0.39, 0.29) is 17.9 Å². The Kier molecular flexibility index (Phi) is 5.45. The lowest BCUT2D eigenvalue weighted by Crippen LogP contribution is -2.57. The zero-order valence-electron chi connectivity index (χ0n) is 15.7. The van der Waals surface area contributed by atoms with Crippen molar-refractivity contribution in [3.63, 3.8) is 0 Å². The van der Waals surface area contributed by atoms with Gasteiger partial charge in [-0.25, -0.2) is 0 Å². The molecule has 2 aromatic rings. The summed E-state index contributed by atoms with van der Waals surface area (Å²) in [5.41, 5.74) is 1.54. The Balaban J connectivity index is 1.79. The average Bonchev–Trinajstić information content (AvgIpc) is 3.09. The molecule has 0 bridgehead atoms. The molecule has 0 radical (unpaired) electrons. The van der Waals surface area contributed by atoms with Gasteiger partial charge in [-0.2, -0.15) is 0 Å². The van der Waals surface area contributed by atoms with E-state index in [0.717, 1.165) is 36.3 Å². The number of carbonyl (C=O) groups is 2. The number of amides is 2. The lowest BCUT2D eigenvalue weighted by molar-refractivity contribution is -0.138. The Labute approximate surface area is 154 Å². The number of unbranched alkanes of at least 4 members (excludes halogenated alkanes) is 1. The molecule has 1 aromatic heterocycles. The lowest BCUT2D eigenvalue weighted by atomic mass is 10.0. The first-order valence-electron chi connectivity index (χ1n) is 9.24. The molecule has 1 aliphatic heterocycles. The average molecular weight is 354 g/mol. The van der Waals surface area contributed by atoms with Crippen molar-refractivity contribution in [3.05, 3.63) is 47.7 Å². The second-order valence-electron chi connectivity index (χ2n) is 6.90. The summed E-state index contributed by atoms with van der Waals surface area (Å²) < 4.78 is 5.63. The van der Waals surface area contributed by atoms with Crippen LogP contribution in [0.5, 0.6) is 0 Å². The topological polar surface area (TPSA) is 53.8 Å². The Morgan fingerprint density at radius 1 is 1.15 bits per heavy atom. The first-order valence-corrected chi connectivity index (χ1v) is 9.24. The van der Waals surface area contributed by atoms with Crippen LogP contribution < -0.4 is 0 Å². The lowest BCUT2D eigenvalue weighted by Gasteiger charge is -2.39. The van der Waals surface area contributed by atoms with Crippen LogP contribution in [-0.4, -0.2) is 47.8 Å². The van der Waals surface area contributed by atoms with Gasteiger partial charge in [-0.1, -0.05) is 31.9 Å². The van der Waals surface area contributed by atoms with E-state index >= 15 is 0 Å². The number of carbonyl (C=O) groups excluding carboxylic acids is 2. The number of nitrogens with zero attached hydrogens (tertiary/aromatic N) is 2. The summed E-state index contributed by atoms with van der Waals surface area (Å²) >= 11 is 0. The fraction of sp³-hybridized carbons (Fsp3) is 0.429. The van der Waals surface area contributed by atoms with Crippen molar-refractivity contribution in [2.45, 2.75) is 39.2 Å². The summed E-state index contributed by atoms with van der Waals surface area (Å²) in [5.74, 6) is 1.61. The van der Waals surface area contributed by atoms with Crippen molar-refractivity contribution in [1.82, 2.24) is 9.80 Å². The third-order valence-corrected chi connectivity index (χ3v) is 4.96. The number of hydrogen-bond acceptors (Lipinski definition) is 3. The van der Waals surface area contributed by atoms with Crippen LogP contribution in [0.3, 0.4) is 0 Å². The molecule has 0 N–H and O–H groups in total. The van der Waals surface area contributed by atoms with Gasteiger partial charge < -0.3 is 14.2 Å². The van der Waals surface area contributed by atoms with Crippen LogP contribution in [0.2, 0.25) is 0 Å². The Hall–Kier alpha value is -2.56. The predicted octanol–water partition coefficient (Wildman–Crippen LogP) is 3.73. The highest BCUT2D eigenvalue weighted by molar-refractivity contribution is 5.98. The van der Waals surface area contributed by atoms with Gasteiger partial charge in [0.25, 0.3) is 5.91 Å². The van der Waals surface area contributed by atoms with Gasteiger partial charge in [0, 0.05) is 31.3 Å². The zero-order valence-corrected chi connectivity index (χ0v) is 15.7. The van der Waals surface area contributed by atoms with E-state index in [1.165, 1.54) is 0 Å². The second kappa shape index (κ2) is 7.77. The number of rotatable bonds is 5. The molecule has 0 aliphatic carbocycles. The molecule has 1 fully saturated rings. The monoisotopic (exact) mass is 354 g/mol. The molecular weight excluding hydrogens is 328 g/mol. The van der Waals surface area contributed by atoms with Gasteiger partial charge in [0.15, 0.2) is 0 Å². The number of piperazine rings is 1. The molecule has 26 heavy (non-hydrogen) atoms. The van der Waals surface area contributed by atoms with Crippen LogP contribution in [0, 0.1) is 6.92 Å². The van der Waals surface area contributed by atoms with E-state index in [1.807, 2.05) is 50.4 Å².